The standard InChI is InChI=1S/C29H32N5OP/c1-29(2)25-16-10-11-17-26(25)32(3)28(29)27-22-30-34(24-14-8-5-9-15-24)36(27,33-18-20-35-21-19-33)31-23-12-6-4-7-13-23/h4-17,22H,18-21H2,1-3H3/b28-27+/t36-/m0/s1. The molecule has 0 aromatic heterocycles. The second kappa shape index (κ2) is 9.04. The normalized spacial score (nSPS) is 25.3. The van der Waals surface area contributed by atoms with Crippen LogP contribution in [0.25, 0.3) is 0 Å². The van der Waals surface area contributed by atoms with Crippen molar-refractivity contribution in [1.82, 2.24) is 4.67 Å². The Morgan fingerprint density at radius 1 is 0.861 bits per heavy atom. The van der Waals surface area contributed by atoms with Crippen molar-refractivity contribution in [1.29, 1.82) is 0 Å². The van der Waals surface area contributed by atoms with Gasteiger partial charge in [-0.3, -0.25) is 0 Å². The molecule has 0 N–H and O–H groups in total. The molecule has 0 aliphatic carbocycles. The van der Waals surface area contributed by atoms with Gasteiger partial charge in [0.05, 0.1) is 36.1 Å². The third-order valence-electron chi connectivity index (χ3n) is 7.37. The molecular weight excluding hydrogens is 465 g/mol. The molecule has 1 saturated heterocycles. The van der Waals surface area contributed by atoms with Crippen LogP contribution in [0.1, 0.15) is 19.4 Å². The number of morpholine rings is 1. The van der Waals surface area contributed by atoms with Gasteiger partial charge in [-0.05, 0) is 35.9 Å². The molecule has 0 saturated carbocycles. The predicted octanol–water partition coefficient (Wildman–Crippen LogP) is 6.83. The molecule has 3 aromatic rings. The highest BCUT2D eigenvalue weighted by Gasteiger charge is 2.49. The summed E-state index contributed by atoms with van der Waals surface area (Å²) < 4.78 is 16.2. The molecule has 3 aliphatic rings. The first-order valence-corrected chi connectivity index (χ1v) is 14.2. The fraction of sp³-hybridized carbons (Fsp3) is 0.276. The fourth-order valence-electron chi connectivity index (χ4n) is 5.73. The third kappa shape index (κ3) is 3.55. The van der Waals surface area contributed by atoms with E-state index in [1.807, 2.05) is 6.07 Å². The number of hydrogen-bond acceptors (Lipinski definition) is 4. The largest absolute Gasteiger partial charge is 0.379 e. The fourth-order valence-corrected chi connectivity index (χ4v) is 9.54. The summed E-state index contributed by atoms with van der Waals surface area (Å²) in [4.78, 5) is 2.36. The molecule has 6 nitrogen and oxygen atoms in total. The van der Waals surface area contributed by atoms with E-state index in [0.29, 0.717) is 13.2 Å². The van der Waals surface area contributed by atoms with Crippen LogP contribution in [-0.2, 0) is 10.2 Å². The molecule has 3 heterocycles. The minimum absolute atomic E-state index is 0.191. The van der Waals surface area contributed by atoms with Gasteiger partial charge in [-0.1, -0.05) is 68.4 Å². The van der Waals surface area contributed by atoms with E-state index in [-0.39, 0.29) is 5.41 Å². The Morgan fingerprint density at radius 3 is 2.19 bits per heavy atom. The Kier molecular flexibility index (Phi) is 5.83. The van der Waals surface area contributed by atoms with Crippen molar-refractivity contribution in [3.63, 3.8) is 0 Å². The molecule has 184 valence electrons. The molecule has 7 heteroatoms. The molecule has 0 spiro atoms. The number of fused-ring (bicyclic) bond motifs is 1. The van der Waals surface area contributed by atoms with Gasteiger partial charge in [0, 0.05) is 36.9 Å². The van der Waals surface area contributed by atoms with Crippen LogP contribution in [0.5, 0.6) is 0 Å². The van der Waals surface area contributed by atoms with Gasteiger partial charge in [0.15, 0.2) is 7.36 Å². The molecule has 0 unspecified atom stereocenters. The van der Waals surface area contributed by atoms with E-state index in [1.54, 1.807) is 0 Å². The van der Waals surface area contributed by atoms with E-state index >= 15 is 0 Å². The first-order valence-electron chi connectivity index (χ1n) is 12.5. The molecule has 3 aromatic carbocycles. The van der Waals surface area contributed by atoms with Gasteiger partial charge < -0.3 is 9.64 Å². The molecule has 6 rings (SSSR count). The van der Waals surface area contributed by atoms with Crippen molar-refractivity contribution in [2.45, 2.75) is 19.3 Å². The van der Waals surface area contributed by atoms with Gasteiger partial charge in [-0.15, -0.1) is 0 Å². The first kappa shape index (κ1) is 23.2. The van der Waals surface area contributed by atoms with Crippen molar-refractivity contribution in [3.05, 3.63) is 102 Å². The third-order valence-corrected chi connectivity index (χ3v) is 10.9. The molecule has 0 bridgehead atoms. The zero-order chi connectivity index (χ0) is 24.8. The van der Waals surface area contributed by atoms with Gasteiger partial charge >= 0.3 is 0 Å². The van der Waals surface area contributed by atoms with Crippen LogP contribution in [0, 0.1) is 0 Å². The maximum absolute atomic E-state index is 5.82. The number of allylic oxidation sites excluding steroid dienone is 2. The number of para-hydroxylation sites is 2. The summed E-state index contributed by atoms with van der Waals surface area (Å²) in [5, 5.41) is 6.33. The van der Waals surface area contributed by atoms with Crippen LogP contribution in [0.2, 0.25) is 0 Å². The van der Waals surface area contributed by atoms with Gasteiger partial charge in [-0.25, -0.2) is 14.2 Å². The lowest BCUT2D eigenvalue weighted by Crippen LogP contribution is -2.38. The number of hydrazone groups is 1. The minimum Gasteiger partial charge on any atom is -0.379 e. The van der Waals surface area contributed by atoms with E-state index < -0.39 is 7.36 Å². The van der Waals surface area contributed by atoms with Gasteiger partial charge in [0.2, 0.25) is 0 Å². The van der Waals surface area contributed by atoms with Crippen LogP contribution in [-0.4, -0.2) is 44.2 Å². The highest BCUT2D eigenvalue weighted by molar-refractivity contribution is 7.71. The number of benzene rings is 3. The maximum Gasteiger partial charge on any atom is 0.180 e. The number of ether oxygens (including phenoxy) is 1. The van der Waals surface area contributed by atoms with E-state index in [4.69, 9.17) is 14.6 Å². The van der Waals surface area contributed by atoms with Crippen molar-refractivity contribution in [3.8, 4) is 0 Å². The second-order valence-corrected chi connectivity index (χ2v) is 12.6. The molecule has 0 amide bonds. The van der Waals surface area contributed by atoms with Crippen LogP contribution in [0.4, 0.5) is 17.1 Å². The van der Waals surface area contributed by atoms with Crippen molar-refractivity contribution < 1.29 is 4.74 Å². The highest BCUT2D eigenvalue weighted by atomic mass is 31.2. The average molecular weight is 498 g/mol. The number of hydrogen-bond donors (Lipinski definition) is 0. The van der Waals surface area contributed by atoms with E-state index in [9.17, 15) is 0 Å². The summed E-state index contributed by atoms with van der Waals surface area (Å²) >= 11 is 0. The summed E-state index contributed by atoms with van der Waals surface area (Å²) in [5.41, 5.74) is 5.68. The van der Waals surface area contributed by atoms with Gasteiger partial charge in [0.25, 0.3) is 0 Å². The molecule has 0 radical (unpaired) electrons. The Morgan fingerprint density at radius 2 is 1.50 bits per heavy atom. The summed E-state index contributed by atoms with van der Waals surface area (Å²) in [7, 11) is -0.368. The average Bonchev–Trinajstić information content (AvgIpc) is 3.38. The Bertz CT molecular complexity index is 1380. The maximum atomic E-state index is 5.82. The van der Waals surface area contributed by atoms with Crippen molar-refractivity contribution >= 4 is 30.6 Å². The number of anilines is 2. The van der Waals surface area contributed by atoms with Crippen LogP contribution in [0.15, 0.2) is 106 Å². The van der Waals surface area contributed by atoms with E-state index in [0.717, 1.165) is 24.5 Å². The van der Waals surface area contributed by atoms with Crippen LogP contribution < -0.4 is 9.68 Å². The Hall–Kier alpha value is -3.18. The lowest BCUT2D eigenvalue weighted by molar-refractivity contribution is 0.0743. The Balaban J connectivity index is 1.68. The smallest absolute Gasteiger partial charge is 0.180 e. The molecule has 3 aliphatic heterocycles. The predicted molar refractivity (Wildman–Crippen MR) is 150 cm³/mol. The minimum atomic E-state index is -2.55. The Labute approximate surface area is 213 Å². The highest BCUT2D eigenvalue weighted by Crippen LogP contribution is 2.70. The lowest BCUT2D eigenvalue weighted by Gasteiger charge is -2.42. The van der Waals surface area contributed by atoms with Crippen molar-refractivity contribution in [2.75, 3.05) is 43.0 Å². The van der Waals surface area contributed by atoms with Crippen molar-refractivity contribution in [2.24, 2.45) is 9.85 Å². The SMILES string of the molecule is CN1/C(=C2\C=NN(c3ccccc3)[P@@]2(=Nc2ccccc2)N2CCOCC2)C(C)(C)c2ccccc21. The first-order chi connectivity index (χ1) is 17.5. The van der Waals surface area contributed by atoms with E-state index in [2.05, 4.69) is 120 Å². The summed E-state index contributed by atoms with van der Waals surface area (Å²) in [6.07, 6.45) is 2.09. The zero-order valence-electron chi connectivity index (χ0n) is 21.1. The topological polar surface area (TPSA) is 43.7 Å². The van der Waals surface area contributed by atoms with Crippen LogP contribution in [0.3, 0.4) is 0 Å². The monoisotopic (exact) mass is 497 g/mol. The summed E-state index contributed by atoms with van der Waals surface area (Å²) in [6, 6.07) is 29.6. The van der Waals surface area contributed by atoms with Crippen LogP contribution >= 0.6 is 7.36 Å². The quantitative estimate of drug-likeness (QED) is 0.372. The summed E-state index contributed by atoms with van der Waals surface area (Å²) in [5.74, 6) is 0. The second-order valence-electron chi connectivity index (χ2n) is 9.87. The molecule has 36 heavy (non-hydrogen) atoms. The van der Waals surface area contributed by atoms with Gasteiger partial charge in [-0.2, -0.15) is 5.10 Å². The molecular formula is C29H32N5OP. The zero-order valence-corrected chi connectivity index (χ0v) is 22.0. The number of likely N-dealkylation sites (N-methyl/N-ethyl adjacent to an activating group) is 1. The van der Waals surface area contributed by atoms with E-state index in [1.165, 1.54) is 22.3 Å². The van der Waals surface area contributed by atoms with Gasteiger partial charge in [0.1, 0.15) is 0 Å². The number of nitrogens with zero attached hydrogens (tertiary/aromatic N) is 5. The summed E-state index contributed by atoms with van der Waals surface area (Å²) in [6.45, 7) is 7.66. The molecule has 1 fully saturated rings. The molecule has 1 atom stereocenters. The lowest BCUT2D eigenvalue weighted by atomic mass is 9.84. The number of rotatable bonds is 3.